The van der Waals surface area contributed by atoms with E-state index >= 15 is 0 Å². The van der Waals surface area contributed by atoms with Gasteiger partial charge in [0, 0.05) is 29.1 Å². The largest absolute Gasteiger partial charge is 0.377 e. The van der Waals surface area contributed by atoms with Crippen LogP contribution in [0.2, 0.25) is 5.02 Å². The quantitative estimate of drug-likeness (QED) is 0.421. The molecule has 0 atom stereocenters. The number of nitrogens with zero attached hydrogens (tertiary/aromatic N) is 3. The average molecular weight is 469 g/mol. The number of amides is 1. The van der Waals surface area contributed by atoms with Gasteiger partial charge < -0.3 is 10.1 Å². The standard InChI is InChI=1S/C27H21ClN4O2/c1-18-11-20(8-7-19-5-3-2-4-6-19)13-29-26(18)31-27(33)24-12-21(9-10-25(24)28)22-14-30-32(15-22)23-16-34-17-23/h2-6,9-15,23H,16-17H2,1H3,(H,29,31,33). The van der Waals surface area contributed by atoms with Crippen molar-refractivity contribution >= 4 is 23.3 Å². The Balaban J connectivity index is 1.33. The fourth-order valence-electron chi connectivity index (χ4n) is 3.56. The number of nitrogens with one attached hydrogen (secondary N) is 1. The number of carbonyl (C=O) groups is 1. The zero-order valence-electron chi connectivity index (χ0n) is 18.5. The van der Waals surface area contributed by atoms with Gasteiger partial charge in [-0.3, -0.25) is 9.48 Å². The fraction of sp³-hybridized carbons (Fsp3) is 0.148. The smallest absolute Gasteiger partial charge is 0.258 e. The van der Waals surface area contributed by atoms with E-state index in [9.17, 15) is 4.79 Å². The summed E-state index contributed by atoms with van der Waals surface area (Å²) in [5.41, 5.74) is 4.65. The van der Waals surface area contributed by atoms with Crippen LogP contribution in [0.4, 0.5) is 5.82 Å². The highest BCUT2D eigenvalue weighted by Crippen LogP contribution is 2.27. The Morgan fingerprint density at radius 3 is 2.59 bits per heavy atom. The van der Waals surface area contributed by atoms with Gasteiger partial charge >= 0.3 is 0 Å². The van der Waals surface area contributed by atoms with Crippen molar-refractivity contribution < 1.29 is 9.53 Å². The van der Waals surface area contributed by atoms with Gasteiger partial charge in [0.2, 0.25) is 0 Å². The maximum absolute atomic E-state index is 13.0. The van der Waals surface area contributed by atoms with Gasteiger partial charge in [-0.15, -0.1) is 0 Å². The van der Waals surface area contributed by atoms with Crippen LogP contribution in [-0.4, -0.2) is 33.9 Å². The van der Waals surface area contributed by atoms with Gasteiger partial charge in [-0.2, -0.15) is 5.10 Å². The minimum Gasteiger partial charge on any atom is -0.377 e. The van der Waals surface area contributed by atoms with E-state index in [1.807, 2.05) is 60.3 Å². The van der Waals surface area contributed by atoms with Gasteiger partial charge in [0.15, 0.2) is 0 Å². The van der Waals surface area contributed by atoms with Crippen LogP contribution >= 0.6 is 11.6 Å². The molecule has 2 aromatic carbocycles. The highest BCUT2D eigenvalue weighted by atomic mass is 35.5. The van der Waals surface area contributed by atoms with E-state index in [-0.39, 0.29) is 11.9 Å². The first-order chi connectivity index (χ1) is 16.6. The molecule has 6 nitrogen and oxygen atoms in total. The first-order valence-electron chi connectivity index (χ1n) is 10.8. The number of halogens is 1. The summed E-state index contributed by atoms with van der Waals surface area (Å²) < 4.78 is 7.12. The Labute approximate surface area is 202 Å². The van der Waals surface area contributed by atoms with E-state index in [0.29, 0.717) is 29.6 Å². The van der Waals surface area contributed by atoms with Gasteiger partial charge in [-0.05, 0) is 48.4 Å². The number of aromatic nitrogens is 3. The van der Waals surface area contributed by atoms with Crippen molar-refractivity contribution in [3.63, 3.8) is 0 Å². The minimum atomic E-state index is -0.328. The van der Waals surface area contributed by atoms with E-state index in [4.69, 9.17) is 16.3 Å². The van der Waals surface area contributed by atoms with Crippen LogP contribution in [0.3, 0.4) is 0 Å². The molecule has 0 spiro atoms. The fourth-order valence-corrected chi connectivity index (χ4v) is 3.76. The number of hydrogen-bond donors (Lipinski definition) is 1. The van der Waals surface area contributed by atoms with Crippen molar-refractivity contribution in [2.75, 3.05) is 18.5 Å². The van der Waals surface area contributed by atoms with Gasteiger partial charge in [0.05, 0.1) is 36.0 Å². The SMILES string of the molecule is Cc1cc(C#Cc2ccccc2)cnc1NC(=O)c1cc(-c2cnn(C3COC3)c2)ccc1Cl. The predicted molar refractivity (Wildman–Crippen MR) is 132 cm³/mol. The lowest BCUT2D eigenvalue weighted by Gasteiger charge is -2.25. The molecule has 1 N–H and O–H groups in total. The van der Waals surface area contributed by atoms with Crippen LogP contribution in [0.5, 0.6) is 0 Å². The molecule has 0 aliphatic carbocycles. The van der Waals surface area contributed by atoms with Crippen molar-refractivity contribution in [2.45, 2.75) is 13.0 Å². The molecule has 0 unspecified atom stereocenters. The molecule has 0 bridgehead atoms. The van der Waals surface area contributed by atoms with Crippen LogP contribution in [0.1, 0.15) is 33.1 Å². The van der Waals surface area contributed by atoms with E-state index in [1.165, 1.54) is 0 Å². The summed E-state index contributed by atoms with van der Waals surface area (Å²) in [5, 5.41) is 7.65. The maximum Gasteiger partial charge on any atom is 0.258 e. The Hall–Kier alpha value is -3.92. The molecule has 4 aromatic rings. The van der Waals surface area contributed by atoms with Crippen molar-refractivity contribution in [1.82, 2.24) is 14.8 Å². The van der Waals surface area contributed by atoms with E-state index < -0.39 is 0 Å². The summed E-state index contributed by atoms with van der Waals surface area (Å²) in [6.07, 6.45) is 5.39. The normalized spacial score (nSPS) is 13.0. The second-order valence-corrected chi connectivity index (χ2v) is 8.46. The zero-order valence-corrected chi connectivity index (χ0v) is 19.2. The molecule has 0 radical (unpaired) electrons. The number of ether oxygens (including phenoxy) is 1. The van der Waals surface area contributed by atoms with Crippen molar-refractivity contribution in [3.8, 4) is 23.0 Å². The van der Waals surface area contributed by atoms with Crippen molar-refractivity contribution in [2.24, 2.45) is 0 Å². The molecule has 7 heteroatoms. The molecule has 1 aliphatic rings. The van der Waals surface area contributed by atoms with Gasteiger partial charge in [0.25, 0.3) is 5.91 Å². The zero-order chi connectivity index (χ0) is 23.5. The van der Waals surface area contributed by atoms with E-state index in [1.54, 1.807) is 24.5 Å². The third kappa shape index (κ3) is 4.72. The molecule has 0 saturated carbocycles. The molecular formula is C27H21ClN4O2. The molecule has 1 amide bonds. The van der Waals surface area contributed by atoms with Crippen LogP contribution < -0.4 is 5.32 Å². The maximum atomic E-state index is 13.0. The molecule has 1 aliphatic heterocycles. The first-order valence-corrected chi connectivity index (χ1v) is 11.2. The van der Waals surface area contributed by atoms with Crippen molar-refractivity contribution in [1.29, 1.82) is 0 Å². The number of rotatable bonds is 4. The van der Waals surface area contributed by atoms with Crippen LogP contribution in [0.15, 0.2) is 73.2 Å². The Morgan fingerprint density at radius 1 is 1.06 bits per heavy atom. The van der Waals surface area contributed by atoms with Gasteiger partial charge in [-0.25, -0.2) is 4.98 Å². The number of benzene rings is 2. The van der Waals surface area contributed by atoms with Crippen LogP contribution in [-0.2, 0) is 4.74 Å². The van der Waals surface area contributed by atoms with Crippen molar-refractivity contribution in [3.05, 3.63) is 100 Å². The number of hydrogen-bond acceptors (Lipinski definition) is 4. The summed E-state index contributed by atoms with van der Waals surface area (Å²) >= 11 is 6.36. The monoisotopic (exact) mass is 468 g/mol. The molecule has 3 heterocycles. The van der Waals surface area contributed by atoms with Gasteiger partial charge in [-0.1, -0.05) is 47.7 Å². The molecule has 34 heavy (non-hydrogen) atoms. The highest BCUT2D eigenvalue weighted by Gasteiger charge is 2.21. The third-order valence-corrected chi connectivity index (χ3v) is 5.91. The van der Waals surface area contributed by atoms with Crippen LogP contribution in [0.25, 0.3) is 11.1 Å². The summed E-state index contributed by atoms with van der Waals surface area (Å²) in [5.74, 6) is 6.35. The lowest BCUT2D eigenvalue weighted by atomic mass is 10.1. The summed E-state index contributed by atoms with van der Waals surface area (Å²) in [4.78, 5) is 17.4. The second-order valence-electron chi connectivity index (χ2n) is 8.05. The highest BCUT2D eigenvalue weighted by molar-refractivity contribution is 6.34. The lowest BCUT2D eigenvalue weighted by Crippen LogP contribution is -2.30. The third-order valence-electron chi connectivity index (χ3n) is 5.58. The molecular weight excluding hydrogens is 448 g/mol. The number of carbonyl (C=O) groups excluding carboxylic acids is 1. The molecule has 5 rings (SSSR count). The topological polar surface area (TPSA) is 69.0 Å². The van der Waals surface area contributed by atoms with E-state index in [2.05, 4.69) is 27.2 Å². The molecule has 2 aromatic heterocycles. The molecule has 168 valence electrons. The summed E-state index contributed by atoms with van der Waals surface area (Å²) in [6, 6.07) is 17.3. The van der Waals surface area contributed by atoms with Crippen LogP contribution in [0, 0.1) is 18.8 Å². The number of aryl methyl sites for hydroxylation is 1. The second kappa shape index (κ2) is 9.52. The van der Waals surface area contributed by atoms with Gasteiger partial charge in [0.1, 0.15) is 5.82 Å². The molecule has 1 saturated heterocycles. The first kappa shape index (κ1) is 21.9. The predicted octanol–water partition coefficient (Wildman–Crippen LogP) is 5.13. The average Bonchev–Trinajstić information content (AvgIpc) is 3.28. The number of pyridine rings is 1. The Bertz CT molecular complexity index is 1420. The molecule has 1 fully saturated rings. The number of anilines is 1. The minimum absolute atomic E-state index is 0.262. The lowest BCUT2D eigenvalue weighted by molar-refractivity contribution is -0.0286. The Morgan fingerprint density at radius 2 is 1.85 bits per heavy atom. The summed E-state index contributed by atoms with van der Waals surface area (Å²) in [7, 11) is 0. The van der Waals surface area contributed by atoms with E-state index in [0.717, 1.165) is 27.8 Å². The Kier molecular flexibility index (Phi) is 6.13. The summed E-state index contributed by atoms with van der Waals surface area (Å²) in [6.45, 7) is 3.21.